The minimum atomic E-state index is -0.693. The molecule has 98 valence electrons. The van der Waals surface area contributed by atoms with E-state index in [0.29, 0.717) is 0 Å². The fourth-order valence-electron chi connectivity index (χ4n) is 1.70. The van der Waals surface area contributed by atoms with E-state index in [1.807, 2.05) is 6.92 Å². The summed E-state index contributed by atoms with van der Waals surface area (Å²) in [4.78, 5) is 10.5. The Bertz CT molecular complexity index is 283. The van der Waals surface area contributed by atoms with Gasteiger partial charge in [0.2, 0.25) is 0 Å². The average Bonchev–Trinajstić information content (AvgIpc) is 2.15. The number of hydrogen-bond donors (Lipinski definition) is 1. The predicted molar refractivity (Wildman–Crippen MR) is 73.1 cm³/mol. The molecule has 1 atom stereocenters. The van der Waals surface area contributed by atoms with Crippen molar-refractivity contribution in [2.24, 2.45) is 5.92 Å². The van der Waals surface area contributed by atoms with Crippen LogP contribution in [-0.4, -0.2) is 11.1 Å². The van der Waals surface area contributed by atoms with Gasteiger partial charge in [-0.1, -0.05) is 30.2 Å². The molecule has 0 aliphatic heterocycles. The lowest BCUT2D eigenvalue weighted by molar-refractivity contribution is -0.138. The SMILES string of the molecule is CC(C)=CCCC(C)=CCC[C@@H](C)CC(=O)O. The molecule has 0 amide bonds. The first-order valence-corrected chi connectivity index (χ1v) is 6.42. The Kier molecular flexibility index (Phi) is 8.47. The number of hydrogen-bond acceptors (Lipinski definition) is 1. The molecule has 0 aliphatic carbocycles. The molecular formula is C15H26O2. The zero-order chi connectivity index (χ0) is 13.3. The lowest BCUT2D eigenvalue weighted by Gasteiger charge is -2.06. The minimum absolute atomic E-state index is 0.273. The predicted octanol–water partition coefficient (Wildman–Crippen LogP) is 4.57. The highest BCUT2D eigenvalue weighted by molar-refractivity contribution is 5.66. The van der Waals surface area contributed by atoms with E-state index in [9.17, 15) is 4.79 Å². The third kappa shape index (κ3) is 11.2. The van der Waals surface area contributed by atoms with Crippen molar-refractivity contribution < 1.29 is 9.90 Å². The Balaban J connectivity index is 3.76. The summed E-state index contributed by atoms with van der Waals surface area (Å²) in [6.45, 7) is 8.39. The maximum Gasteiger partial charge on any atom is 0.303 e. The topological polar surface area (TPSA) is 37.3 Å². The van der Waals surface area contributed by atoms with E-state index < -0.39 is 5.97 Å². The van der Waals surface area contributed by atoms with Crippen LogP contribution in [0.2, 0.25) is 0 Å². The van der Waals surface area contributed by atoms with Gasteiger partial charge in [-0.05, 0) is 52.4 Å². The van der Waals surface area contributed by atoms with Crippen molar-refractivity contribution in [1.29, 1.82) is 0 Å². The molecular weight excluding hydrogens is 212 g/mol. The normalized spacial score (nSPS) is 13.3. The molecule has 0 saturated carbocycles. The van der Waals surface area contributed by atoms with Crippen LogP contribution in [0.4, 0.5) is 0 Å². The van der Waals surface area contributed by atoms with Gasteiger partial charge in [0.1, 0.15) is 0 Å². The quantitative estimate of drug-likeness (QED) is 0.629. The highest BCUT2D eigenvalue weighted by Gasteiger charge is 2.05. The third-order valence-electron chi connectivity index (χ3n) is 2.77. The van der Waals surface area contributed by atoms with Gasteiger partial charge in [-0.3, -0.25) is 4.79 Å². The van der Waals surface area contributed by atoms with E-state index in [1.54, 1.807) is 0 Å². The molecule has 17 heavy (non-hydrogen) atoms. The molecule has 0 aromatic heterocycles. The summed E-state index contributed by atoms with van der Waals surface area (Å²) in [5, 5.41) is 8.64. The first-order valence-electron chi connectivity index (χ1n) is 6.42. The van der Waals surface area contributed by atoms with E-state index >= 15 is 0 Å². The smallest absolute Gasteiger partial charge is 0.303 e. The van der Waals surface area contributed by atoms with Gasteiger partial charge in [0, 0.05) is 6.42 Å². The van der Waals surface area contributed by atoms with Crippen molar-refractivity contribution in [3.05, 3.63) is 23.3 Å². The second-order valence-corrected chi connectivity index (χ2v) is 5.15. The average molecular weight is 238 g/mol. The number of carboxylic acids is 1. The molecule has 0 aliphatic rings. The van der Waals surface area contributed by atoms with Gasteiger partial charge in [0.15, 0.2) is 0 Å². The van der Waals surface area contributed by atoms with Gasteiger partial charge in [-0.2, -0.15) is 0 Å². The van der Waals surface area contributed by atoms with Gasteiger partial charge in [0.05, 0.1) is 0 Å². The van der Waals surface area contributed by atoms with Crippen LogP contribution in [0, 0.1) is 5.92 Å². The Morgan fingerprint density at radius 1 is 1.18 bits per heavy atom. The largest absolute Gasteiger partial charge is 0.481 e. The Morgan fingerprint density at radius 3 is 2.35 bits per heavy atom. The molecule has 0 aromatic carbocycles. The molecule has 2 nitrogen and oxygen atoms in total. The van der Waals surface area contributed by atoms with Gasteiger partial charge in [-0.15, -0.1) is 0 Å². The molecule has 0 heterocycles. The number of rotatable bonds is 8. The summed E-state index contributed by atoms with van der Waals surface area (Å²) in [6, 6.07) is 0. The number of aliphatic carboxylic acids is 1. The molecule has 0 unspecified atom stereocenters. The van der Waals surface area contributed by atoms with Crippen molar-refractivity contribution in [1.82, 2.24) is 0 Å². The minimum Gasteiger partial charge on any atom is -0.481 e. The number of allylic oxidation sites excluding steroid dienone is 4. The van der Waals surface area contributed by atoms with Crippen LogP contribution >= 0.6 is 0 Å². The third-order valence-corrected chi connectivity index (χ3v) is 2.77. The van der Waals surface area contributed by atoms with Crippen molar-refractivity contribution in [3.63, 3.8) is 0 Å². The first kappa shape index (κ1) is 16.0. The summed E-state index contributed by atoms with van der Waals surface area (Å²) >= 11 is 0. The summed E-state index contributed by atoms with van der Waals surface area (Å²) < 4.78 is 0. The standard InChI is InChI=1S/C15H26O2/c1-12(2)7-5-8-13(3)9-6-10-14(4)11-15(16)17/h7,9,14H,5-6,8,10-11H2,1-4H3,(H,16,17)/t14-/m1/s1. The maximum atomic E-state index is 10.5. The maximum absolute atomic E-state index is 10.5. The summed E-state index contributed by atoms with van der Waals surface area (Å²) in [5.41, 5.74) is 2.78. The van der Waals surface area contributed by atoms with Crippen LogP contribution in [0.5, 0.6) is 0 Å². The summed E-state index contributed by atoms with van der Waals surface area (Å²) in [7, 11) is 0. The Morgan fingerprint density at radius 2 is 1.82 bits per heavy atom. The molecule has 0 radical (unpaired) electrons. The first-order chi connectivity index (χ1) is 7.91. The van der Waals surface area contributed by atoms with Crippen molar-refractivity contribution in [2.45, 2.75) is 59.8 Å². The number of carboxylic acid groups (broad SMARTS) is 1. The fourth-order valence-corrected chi connectivity index (χ4v) is 1.70. The molecule has 0 aromatic rings. The second-order valence-electron chi connectivity index (χ2n) is 5.15. The number of carbonyl (C=O) groups is 1. The van der Waals surface area contributed by atoms with Gasteiger partial charge in [-0.25, -0.2) is 0 Å². The van der Waals surface area contributed by atoms with E-state index in [-0.39, 0.29) is 12.3 Å². The van der Waals surface area contributed by atoms with Crippen LogP contribution in [0.15, 0.2) is 23.3 Å². The van der Waals surface area contributed by atoms with Crippen LogP contribution in [0.25, 0.3) is 0 Å². The zero-order valence-corrected chi connectivity index (χ0v) is 11.6. The second kappa shape index (κ2) is 9.03. The van der Waals surface area contributed by atoms with Crippen molar-refractivity contribution in [2.75, 3.05) is 0 Å². The lowest BCUT2D eigenvalue weighted by Crippen LogP contribution is -2.03. The summed E-state index contributed by atoms with van der Waals surface area (Å²) in [6.07, 6.45) is 8.96. The van der Waals surface area contributed by atoms with Gasteiger partial charge < -0.3 is 5.11 Å². The van der Waals surface area contributed by atoms with E-state index in [4.69, 9.17) is 5.11 Å². The van der Waals surface area contributed by atoms with Crippen LogP contribution in [-0.2, 0) is 4.79 Å². The summed E-state index contributed by atoms with van der Waals surface area (Å²) in [5.74, 6) is -0.420. The van der Waals surface area contributed by atoms with E-state index in [0.717, 1.165) is 25.7 Å². The highest BCUT2D eigenvalue weighted by Crippen LogP contribution is 2.13. The van der Waals surface area contributed by atoms with E-state index in [2.05, 4.69) is 32.9 Å². The molecule has 0 spiro atoms. The lowest BCUT2D eigenvalue weighted by atomic mass is 10.0. The Hall–Kier alpha value is -1.05. The molecule has 1 N–H and O–H groups in total. The zero-order valence-electron chi connectivity index (χ0n) is 11.6. The molecule has 0 rings (SSSR count). The Labute approximate surface area is 105 Å². The van der Waals surface area contributed by atoms with Crippen molar-refractivity contribution in [3.8, 4) is 0 Å². The van der Waals surface area contributed by atoms with Crippen molar-refractivity contribution >= 4 is 5.97 Å². The monoisotopic (exact) mass is 238 g/mol. The molecule has 0 fully saturated rings. The molecule has 0 bridgehead atoms. The van der Waals surface area contributed by atoms with Gasteiger partial charge in [0.25, 0.3) is 0 Å². The highest BCUT2D eigenvalue weighted by atomic mass is 16.4. The van der Waals surface area contributed by atoms with E-state index in [1.165, 1.54) is 11.1 Å². The fraction of sp³-hybridized carbons (Fsp3) is 0.667. The van der Waals surface area contributed by atoms with Gasteiger partial charge >= 0.3 is 5.97 Å². The molecule has 0 saturated heterocycles. The van der Waals surface area contributed by atoms with Crippen LogP contribution in [0.1, 0.15) is 59.8 Å². The molecule has 2 heteroatoms. The van der Waals surface area contributed by atoms with Crippen LogP contribution < -0.4 is 0 Å². The van der Waals surface area contributed by atoms with Crippen LogP contribution in [0.3, 0.4) is 0 Å².